The van der Waals surface area contributed by atoms with E-state index in [2.05, 4.69) is 29.8 Å². The molecule has 2 N–H and O–H groups in total. The molecule has 112 valence electrons. The molecule has 3 nitrogen and oxygen atoms in total. The highest BCUT2D eigenvalue weighted by atomic mass is 32.1. The van der Waals surface area contributed by atoms with Crippen molar-refractivity contribution in [2.24, 2.45) is 0 Å². The first kappa shape index (κ1) is 15.7. The Hall–Kier alpha value is -1.65. The van der Waals surface area contributed by atoms with Crippen molar-refractivity contribution in [1.29, 1.82) is 0 Å². The van der Waals surface area contributed by atoms with E-state index in [-0.39, 0.29) is 0 Å². The maximum Gasteiger partial charge on any atom is 0.310 e. The predicted octanol–water partition coefficient (Wildman–Crippen LogP) is 3.66. The van der Waals surface area contributed by atoms with Gasteiger partial charge in [0.2, 0.25) is 0 Å². The average Bonchev–Trinajstić information content (AvgIpc) is 2.97. The molecule has 2 atom stereocenters. The molecule has 0 bridgehead atoms. The zero-order valence-corrected chi connectivity index (χ0v) is 13.2. The Morgan fingerprint density at radius 2 is 1.95 bits per heavy atom. The molecular weight excluding hydrogens is 282 g/mol. The van der Waals surface area contributed by atoms with Gasteiger partial charge in [-0.3, -0.25) is 4.79 Å². The monoisotopic (exact) mass is 303 g/mol. The van der Waals surface area contributed by atoms with Crippen LogP contribution in [-0.4, -0.2) is 17.1 Å². The van der Waals surface area contributed by atoms with E-state index in [4.69, 9.17) is 5.11 Å². The fourth-order valence-corrected chi connectivity index (χ4v) is 3.00. The summed E-state index contributed by atoms with van der Waals surface area (Å²) in [5, 5.41) is 14.6. The van der Waals surface area contributed by atoms with Crippen LogP contribution in [0, 0.1) is 0 Å². The quantitative estimate of drug-likeness (QED) is 0.820. The van der Waals surface area contributed by atoms with Crippen LogP contribution >= 0.6 is 11.3 Å². The minimum atomic E-state index is -0.787. The summed E-state index contributed by atoms with van der Waals surface area (Å²) in [6.07, 6.45) is 1.03. The fourth-order valence-electron chi connectivity index (χ4n) is 2.16. The van der Waals surface area contributed by atoms with Gasteiger partial charge in [0, 0.05) is 17.5 Å². The number of nitrogens with one attached hydrogen (secondary N) is 1. The molecule has 1 heterocycles. The van der Waals surface area contributed by atoms with Gasteiger partial charge in [-0.1, -0.05) is 30.3 Å². The normalized spacial score (nSPS) is 13.8. The molecule has 0 fully saturated rings. The van der Waals surface area contributed by atoms with E-state index in [1.807, 2.05) is 24.3 Å². The second kappa shape index (κ2) is 7.38. The van der Waals surface area contributed by atoms with Gasteiger partial charge in [0.25, 0.3) is 0 Å². The minimum Gasteiger partial charge on any atom is -0.481 e. The lowest BCUT2D eigenvalue weighted by atomic mass is 10.00. The third kappa shape index (κ3) is 4.69. The lowest BCUT2D eigenvalue weighted by Crippen LogP contribution is -2.27. The highest BCUT2D eigenvalue weighted by Crippen LogP contribution is 2.16. The van der Waals surface area contributed by atoms with Gasteiger partial charge in [-0.2, -0.15) is 0 Å². The molecule has 0 spiro atoms. The molecule has 21 heavy (non-hydrogen) atoms. The van der Waals surface area contributed by atoms with Crippen molar-refractivity contribution >= 4 is 17.3 Å². The summed E-state index contributed by atoms with van der Waals surface area (Å²) in [7, 11) is 0. The number of thiophene rings is 1. The SMILES string of the molecule is CC(Cc1cccs1)NCc1ccc(C(C)C(=O)O)cc1. The van der Waals surface area contributed by atoms with Crippen LogP contribution in [0.5, 0.6) is 0 Å². The standard InChI is InChI=1S/C17H21NO2S/c1-12(10-16-4-3-9-21-16)18-11-14-5-7-15(8-6-14)13(2)17(19)20/h3-9,12-13,18H,10-11H2,1-2H3,(H,19,20). The molecule has 2 unspecified atom stereocenters. The van der Waals surface area contributed by atoms with Crippen molar-refractivity contribution in [2.45, 2.75) is 38.8 Å². The first-order chi connectivity index (χ1) is 10.1. The molecule has 4 heteroatoms. The van der Waals surface area contributed by atoms with Crippen molar-refractivity contribution in [3.05, 3.63) is 57.8 Å². The molecule has 0 saturated heterocycles. The van der Waals surface area contributed by atoms with Crippen LogP contribution in [0.1, 0.15) is 35.8 Å². The third-order valence-electron chi connectivity index (χ3n) is 3.59. The highest BCUT2D eigenvalue weighted by Gasteiger charge is 2.13. The van der Waals surface area contributed by atoms with Crippen LogP contribution in [0.15, 0.2) is 41.8 Å². The molecular formula is C17H21NO2S. The molecule has 1 aromatic carbocycles. The van der Waals surface area contributed by atoms with Gasteiger partial charge < -0.3 is 10.4 Å². The van der Waals surface area contributed by atoms with Gasteiger partial charge >= 0.3 is 5.97 Å². The Morgan fingerprint density at radius 3 is 2.52 bits per heavy atom. The highest BCUT2D eigenvalue weighted by molar-refractivity contribution is 7.09. The lowest BCUT2D eigenvalue weighted by Gasteiger charge is -2.13. The summed E-state index contributed by atoms with van der Waals surface area (Å²) >= 11 is 1.79. The zero-order chi connectivity index (χ0) is 15.2. The Balaban J connectivity index is 1.84. The number of hydrogen-bond donors (Lipinski definition) is 2. The van der Waals surface area contributed by atoms with E-state index in [1.54, 1.807) is 18.3 Å². The Kier molecular flexibility index (Phi) is 5.53. The summed E-state index contributed by atoms with van der Waals surface area (Å²) in [4.78, 5) is 12.3. The van der Waals surface area contributed by atoms with E-state index in [0.29, 0.717) is 6.04 Å². The topological polar surface area (TPSA) is 49.3 Å². The Bertz CT molecular complexity index is 563. The second-order valence-electron chi connectivity index (χ2n) is 5.37. The maximum absolute atomic E-state index is 10.9. The second-order valence-corrected chi connectivity index (χ2v) is 6.40. The molecule has 0 radical (unpaired) electrons. The number of benzene rings is 1. The number of carboxylic acids is 1. The molecule has 0 amide bonds. The van der Waals surface area contributed by atoms with Crippen LogP contribution in [0.2, 0.25) is 0 Å². The Labute approximate surface area is 129 Å². The first-order valence-electron chi connectivity index (χ1n) is 7.13. The van der Waals surface area contributed by atoms with Crippen molar-refractivity contribution in [1.82, 2.24) is 5.32 Å². The van der Waals surface area contributed by atoms with Gasteiger partial charge in [-0.05, 0) is 42.8 Å². The average molecular weight is 303 g/mol. The summed E-state index contributed by atoms with van der Waals surface area (Å²) in [6, 6.07) is 12.5. The summed E-state index contributed by atoms with van der Waals surface area (Å²) in [6.45, 7) is 4.69. The Morgan fingerprint density at radius 1 is 1.24 bits per heavy atom. The van der Waals surface area contributed by atoms with E-state index < -0.39 is 11.9 Å². The van der Waals surface area contributed by atoms with E-state index in [9.17, 15) is 4.79 Å². The van der Waals surface area contributed by atoms with Gasteiger partial charge in [0.15, 0.2) is 0 Å². The third-order valence-corrected chi connectivity index (χ3v) is 4.49. The van der Waals surface area contributed by atoms with E-state index in [1.165, 1.54) is 10.4 Å². The van der Waals surface area contributed by atoms with Crippen LogP contribution < -0.4 is 5.32 Å². The van der Waals surface area contributed by atoms with Crippen LogP contribution in [-0.2, 0) is 17.8 Å². The van der Waals surface area contributed by atoms with Crippen LogP contribution in [0.3, 0.4) is 0 Å². The lowest BCUT2D eigenvalue weighted by molar-refractivity contribution is -0.138. The minimum absolute atomic E-state index is 0.418. The molecule has 2 rings (SSSR count). The van der Waals surface area contributed by atoms with Crippen molar-refractivity contribution in [2.75, 3.05) is 0 Å². The number of carbonyl (C=O) groups is 1. The smallest absolute Gasteiger partial charge is 0.310 e. The van der Waals surface area contributed by atoms with E-state index >= 15 is 0 Å². The molecule has 0 aliphatic carbocycles. The van der Waals surface area contributed by atoms with Crippen molar-refractivity contribution in [3.63, 3.8) is 0 Å². The van der Waals surface area contributed by atoms with Crippen LogP contribution in [0.4, 0.5) is 0 Å². The summed E-state index contributed by atoms with van der Waals surface area (Å²) in [5.41, 5.74) is 2.02. The molecule has 0 aliphatic heterocycles. The molecule has 0 aliphatic rings. The zero-order valence-electron chi connectivity index (χ0n) is 12.4. The van der Waals surface area contributed by atoms with E-state index in [0.717, 1.165) is 18.5 Å². The number of hydrogen-bond acceptors (Lipinski definition) is 3. The summed E-state index contributed by atoms with van der Waals surface area (Å²) < 4.78 is 0. The van der Waals surface area contributed by atoms with Gasteiger partial charge in [0.05, 0.1) is 5.92 Å². The predicted molar refractivity (Wildman–Crippen MR) is 86.8 cm³/mol. The maximum atomic E-state index is 10.9. The molecule has 1 aromatic heterocycles. The van der Waals surface area contributed by atoms with Crippen molar-refractivity contribution < 1.29 is 9.90 Å². The number of rotatable bonds is 7. The van der Waals surface area contributed by atoms with Crippen LogP contribution in [0.25, 0.3) is 0 Å². The number of aliphatic carboxylic acids is 1. The molecule has 2 aromatic rings. The van der Waals surface area contributed by atoms with Gasteiger partial charge in [0.1, 0.15) is 0 Å². The van der Waals surface area contributed by atoms with Crippen molar-refractivity contribution in [3.8, 4) is 0 Å². The summed E-state index contributed by atoms with van der Waals surface area (Å²) in [5.74, 6) is -1.24. The number of carboxylic acid groups (broad SMARTS) is 1. The largest absolute Gasteiger partial charge is 0.481 e. The molecule has 0 saturated carbocycles. The van der Waals surface area contributed by atoms with Gasteiger partial charge in [-0.25, -0.2) is 0 Å². The van der Waals surface area contributed by atoms with Gasteiger partial charge in [-0.15, -0.1) is 11.3 Å². The first-order valence-corrected chi connectivity index (χ1v) is 8.01. The fraction of sp³-hybridized carbons (Fsp3) is 0.353.